The minimum Gasteiger partial charge on any atom is -0.457 e. The van der Waals surface area contributed by atoms with Crippen LogP contribution >= 0.6 is 0 Å². The monoisotopic (exact) mass is 358 g/mol. The molecule has 140 valence electrons. The lowest BCUT2D eigenvalue weighted by molar-refractivity contribution is -0.150. The summed E-state index contributed by atoms with van der Waals surface area (Å²) in [7, 11) is 0. The van der Waals surface area contributed by atoms with Gasteiger partial charge in [-0.15, -0.1) is 0 Å². The summed E-state index contributed by atoms with van der Waals surface area (Å²) < 4.78 is 22.9. The highest BCUT2D eigenvalue weighted by Gasteiger charge is 2.36. The highest BCUT2D eigenvalue weighted by molar-refractivity contribution is 5.88. The molecule has 0 unspecified atom stereocenters. The molecule has 0 saturated heterocycles. The predicted octanol–water partition coefficient (Wildman–Crippen LogP) is 3.58. The first-order valence-electron chi connectivity index (χ1n) is 9.35. The quantitative estimate of drug-likeness (QED) is 0.718. The maximum absolute atomic E-state index is 12.6. The average Bonchev–Trinajstić information content (AvgIpc) is 3.02. The molecular weight excluding hydrogens is 332 g/mol. The number of benzene rings is 1. The summed E-state index contributed by atoms with van der Waals surface area (Å²) in [6.45, 7) is 6.61. The summed E-state index contributed by atoms with van der Waals surface area (Å²) >= 11 is 0. The topological polar surface area (TPSA) is 54.0 Å². The Bertz CT molecular complexity index is 744. The number of rotatable bonds is 1. The van der Waals surface area contributed by atoms with Crippen molar-refractivity contribution in [2.75, 3.05) is 13.4 Å². The highest BCUT2D eigenvalue weighted by atomic mass is 16.7. The Labute approximate surface area is 154 Å². The van der Waals surface area contributed by atoms with Gasteiger partial charge in [0.05, 0.1) is 12.7 Å². The number of hydrogen-bond acceptors (Lipinski definition) is 5. The van der Waals surface area contributed by atoms with Crippen molar-refractivity contribution in [3.8, 4) is 11.5 Å². The van der Waals surface area contributed by atoms with E-state index in [9.17, 15) is 4.79 Å². The zero-order valence-corrected chi connectivity index (χ0v) is 15.7. The minimum atomic E-state index is -0.479. The third-order valence-corrected chi connectivity index (χ3v) is 5.14. The molecule has 2 aliphatic heterocycles. The van der Waals surface area contributed by atoms with E-state index >= 15 is 0 Å². The Hall–Kier alpha value is -2.01. The average molecular weight is 358 g/mol. The van der Waals surface area contributed by atoms with Crippen LogP contribution in [0, 0.1) is 5.92 Å². The normalized spacial score (nSPS) is 26.7. The van der Waals surface area contributed by atoms with Gasteiger partial charge in [-0.2, -0.15) is 0 Å². The van der Waals surface area contributed by atoms with Crippen molar-refractivity contribution in [1.82, 2.24) is 0 Å². The molecule has 2 atom stereocenters. The van der Waals surface area contributed by atoms with Crippen molar-refractivity contribution in [3.05, 3.63) is 34.9 Å². The Balaban J connectivity index is 1.57. The van der Waals surface area contributed by atoms with E-state index in [1.807, 2.05) is 32.9 Å². The van der Waals surface area contributed by atoms with Crippen LogP contribution in [-0.4, -0.2) is 31.1 Å². The van der Waals surface area contributed by atoms with E-state index in [0.717, 1.165) is 36.3 Å². The molecule has 1 aromatic rings. The van der Waals surface area contributed by atoms with Crippen LogP contribution < -0.4 is 9.47 Å². The van der Waals surface area contributed by atoms with E-state index in [1.165, 1.54) is 11.1 Å². The van der Waals surface area contributed by atoms with Gasteiger partial charge in [0, 0.05) is 17.6 Å². The first-order valence-corrected chi connectivity index (χ1v) is 9.35. The van der Waals surface area contributed by atoms with E-state index in [1.54, 1.807) is 0 Å². The molecule has 26 heavy (non-hydrogen) atoms. The summed E-state index contributed by atoms with van der Waals surface area (Å²) in [5.74, 6) is 1.76. The third kappa shape index (κ3) is 3.45. The van der Waals surface area contributed by atoms with Gasteiger partial charge < -0.3 is 18.9 Å². The van der Waals surface area contributed by atoms with Crippen molar-refractivity contribution in [2.24, 2.45) is 5.92 Å². The van der Waals surface area contributed by atoms with Gasteiger partial charge in [0.2, 0.25) is 6.79 Å². The lowest BCUT2D eigenvalue weighted by Crippen LogP contribution is -2.35. The Kier molecular flexibility index (Phi) is 4.43. The van der Waals surface area contributed by atoms with Gasteiger partial charge in [0.25, 0.3) is 0 Å². The molecule has 3 aliphatic rings. The van der Waals surface area contributed by atoms with Crippen molar-refractivity contribution < 1.29 is 23.7 Å². The number of ether oxygens (including phenoxy) is 4. The smallest absolute Gasteiger partial charge is 0.334 e. The fourth-order valence-electron chi connectivity index (χ4n) is 3.99. The molecule has 0 bridgehead atoms. The molecule has 2 heterocycles. The van der Waals surface area contributed by atoms with Crippen LogP contribution in [0.1, 0.15) is 44.7 Å². The maximum Gasteiger partial charge on any atom is 0.334 e. The second kappa shape index (κ2) is 6.62. The molecule has 4 rings (SSSR count). The number of carbonyl (C=O) groups excluding carboxylic acids is 1. The van der Waals surface area contributed by atoms with Gasteiger partial charge in [0.1, 0.15) is 5.60 Å². The van der Waals surface area contributed by atoms with Crippen molar-refractivity contribution in [2.45, 2.75) is 58.2 Å². The SMILES string of the molecule is CC(C)(C)OC(=O)/C1=C\CCO[C@@H]2Cc3c(ccc4c3OCO4)C[C@H]2C1. The number of fused-ring (bicyclic) bond motifs is 4. The largest absolute Gasteiger partial charge is 0.457 e. The van der Waals surface area contributed by atoms with E-state index in [-0.39, 0.29) is 24.8 Å². The second-order valence-electron chi connectivity index (χ2n) is 8.24. The molecule has 0 N–H and O–H groups in total. The number of esters is 1. The van der Waals surface area contributed by atoms with E-state index in [0.29, 0.717) is 13.0 Å². The van der Waals surface area contributed by atoms with Crippen molar-refractivity contribution in [3.63, 3.8) is 0 Å². The predicted molar refractivity (Wildman–Crippen MR) is 96.4 cm³/mol. The van der Waals surface area contributed by atoms with Crippen LogP contribution in [-0.2, 0) is 27.1 Å². The van der Waals surface area contributed by atoms with E-state index in [4.69, 9.17) is 18.9 Å². The molecule has 0 amide bonds. The first-order chi connectivity index (χ1) is 12.4. The minimum absolute atomic E-state index is 0.0873. The second-order valence-corrected chi connectivity index (χ2v) is 8.24. The summed E-state index contributed by atoms with van der Waals surface area (Å²) in [4.78, 5) is 12.6. The molecule has 0 fully saturated rings. The van der Waals surface area contributed by atoms with Crippen LogP contribution in [0.25, 0.3) is 0 Å². The molecule has 0 spiro atoms. The van der Waals surface area contributed by atoms with Crippen molar-refractivity contribution >= 4 is 5.97 Å². The zero-order chi connectivity index (χ0) is 18.3. The van der Waals surface area contributed by atoms with Gasteiger partial charge in [0.15, 0.2) is 11.5 Å². The molecular formula is C21H26O5. The zero-order valence-electron chi connectivity index (χ0n) is 15.7. The lowest BCUT2D eigenvalue weighted by Gasteiger charge is -2.35. The van der Waals surface area contributed by atoms with Crippen LogP contribution in [0.2, 0.25) is 0 Å². The molecule has 5 nitrogen and oxygen atoms in total. The molecule has 1 aliphatic carbocycles. The maximum atomic E-state index is 12.6. The summed E-state index contributed by atoms with van der Waals surface area (Å²) in [5, 5.41) is 0. The van der Waals surface area contributed by atoms with Gasteiger partial charge in [-0.3, -0.25) is 0 Å². The van der Waals surface area contributed by atoms with Gasteiger partial charge in [-0.1, -0.05) is 12.1 Å². The molecule has 5 heteroatoms. The fraction of sp³-hybridized carbons (Fsp3) is 0.571. The van der Waals surface area contributed by atoms with Crippen molar-refractivity contribution in [1.29, 1.82) is 0 Å². The van der Waals surface area contributed by atoms with Crippen LogP contribution in [0.3, 0.4) is 0 Å². The summed E-state index contributed by atoms with van der Waals surface area (Å²) in [6, 6.07) is 4.10. The fourth-order valence-corrected chi connectivity index (χ4v) is 3.99. The molecule has 1 aromatic carbocycles. The van der Waals surface area contributed by atoms with Crippen LogP contribution in [0.15, 0.2) is 23.8 Å². The lowest BCUT2D eigenvalue weighted by atomic mass is 9.77. The van der Waals surface area contributed by atoms with E-state index < -0.39 is 5.60 Å². The summed E-state index contributed by atoms with van der Waals surface area (Å²) in [6.07, 6.45) is 5.17. The Morgan fingerprint density at radius 2 is 2.00 bits per heavy atom. The molecule has 0 aromatic heterocycles. The van der Waals surface area contributed by atoms with Gasteiger partial charge in [-0.05, 0) is 57.6 Å². The Morgan fingerprint density at radius 3 is 2.81 bits per heavy atom. The van der Waals surface area contributed by atoms with E-state index in [2.05, 4.69) is 6.07 Å². The highest BCUT2D eigenvalue weighted by Crippen LogP contribution is 2.43. The standard InChI is InChI=1S/C21H26O5/c1-21(2,3)26-20(22)14-5-4-8-23-18-11-16-13(9-15(18)10-14)6-7-17-19(16)25-12-24-17/h5-7,15,18H,4,8-12H2,1-3H3/b14-5-/t15-,18+/m0/s1. The van der Waals surface area contributed by atoms with Gasteiger partial charge in [-0.25, -0.2) is 4.79 Å². The summed E-state index contributed by atoms with van der Waals surface area (Å²) in [5.41, 5.74) is 2.77. The van der Waals surface area contributed by atoms with Crippen LogP contribution in [0.4, 0.5) is 0 Å². The van der Waals surface area contributed by atoms with Gasteiger partial charge >= 0.3 is 5.97 Å². The number of hydrogen-bond donors (Lipinski definition) is 0. The van der Waals surface area contributed by atoms with Crippen LogP contribution in [0.5, 0.6) is 11.5 Å². The molecule has 0 saturated carbocycles. The molecule has 0 radical (unpaired) electrons. The Morgan fingerprint density at radius 1 is 1.15 bits per heavy atom. The third-order valence-electron chi connectivity index (χ3n) is 5.14. The number of carbonyl (C=O) groups is 1. The first kappa shape index (κ1) is 17.4.